The van der Waals surface area contributed by atoms with Crippen molar-refractivity contribution in [1.29, 1.82) is 0 Å². The van der Waals surface area contributed by atoms with Crippen LogP contribution in [0.15, 0.2) is 74.1 Å². The Bertz CT molecular complexity index is 2480. The fourth-order valence-electron chi connectivity index (χ4n) is 4.55. The third-order valence-corrected chi connectivity index (χ3v) is 10.4. The second kappa shape index (κ2) is 22.6. The highest BCUT2D eigenvalue weighted by atomic mass is 79.9. The Hall–Kier alpha value is -4.28. The van der Waals surface area contributed by atoms with Crippen LogP contribution in [0.4, 0.5) is 0 Å². The second-order valence-electron chi connectivity index (χ2n) is 12.3. The molecular formula is C34H34B2Br4N12O4Si. The molecule has 8 rings (SSSR count). The van der Waals surface area contributed by atoms with Crippen molar-refractivity contribution in [2.24, 2.45) is 0 Å². The zero-order valence-corrected chi connectivity index (χ0v) is 37.2. The molecule has 0 aliphatic carbocycles. The highest BCUT2D eigenvalue weighted by molar-refractivity contribution is 9.11. The Labute approximate surface area is 365 Å². The van der Waals surface area contributed by atoms with E-state index in [4.69, 9.17) is 4.74 Å². The molecule has 0 atom stereocenters. The summed E-state index contributed by atoms with van der Waals surface area (Å²) in [4.78, 5) is 73.8. The van der Waals surface area contributed by atoms with Gasteiger partial charge < -0.3 is 24.3 Å². The van der Waals surface area contributed by atoms with Crippen LogP contribution in [0, 0.1) is 0 Å². The van der Waals surface area contributed by atoms with Crippen molar-refractivity contribution in [2.45, 2.75) is 39.8 Å². The molecule has 6 radical (unpaired) electrons. The van der Waals surface area contributed by atoms with Crippen LogP contribution >= 0.6 is 63.7 Å². The fraction of sp³-hybridized carbons (Fsp3) is 0.206. The van der Waals surface area contributed by atoms with E-state index >= 15 is 0 Å². The van der Waals surface area contributed by atoms with Crippen molar-refractivity contribution >= 4 is 152 Å². The van der Waals surface area contributed by atoms with E-state index in [0.29, 0.717) is 70.7 Å². The SMILES string of the molecule is Brc1cnc2[nH]ccc2n1.C.C[Si](C)(C)CCOCn1cc(C=O)c2nc(Br)cnc21.O=Cc1c[nH]c2ncc(Br)nc12.O=Cc1c[nH]c2ncc(Br)nc12.[B].[B]. The van der Waals surface area contributed by atoms with Crippen LogP contribution < -0.4 is 0 Å². The van der Waals surface area contributed by atoms with Crippen LogP contribution in [-0.4, -0.2) is 110 Å². The van der Waals surface area contributed by atoms with Crippen LogP contribution in [0.25, 0.3) is 44.7 Å². The van der Waals surface area contributed by atoms with Gasteiger partial charge in [-0.05, 0) is 75.8 Å². The van der Waals surface area contributed by atoms with Crippen molar-refractivity contribution in [1.82, 2.24) is 59.4 Å². The van der Waals surface area contributed by atoms with Crippen molar-refractivity contribution < 1.29 is 19.1 Å². The van der Waals surface area contributed by atoms with Gasteiger partial charge in [-0.15, -0.1) is 0 Å². The van der Waals surface area contributed by atoms with Crippen LogP contribution in [0.2, 0.25) is 25.7 Å². The van der Waals surface area contributed by atoms with E-state index in [9.17, 15) is 14.4 Å². The van der Waals surface area contributed by atoms with E-state index in [1.54, 1.807) is 43.4 Å². The predicted octanol–water partition coefficient (Wildman–Crippen LogP) is 7.98. The van der Waals surface area contributed by atoms with E-state index in [1.807, 2.05) is 16.8 Å². The summed E-state index contributed by atoms with van der Waals surface area (Å²) in [6.45, 7) is 8.07. The van der Waals surface area contributed by atoms with E-state index < -0.39 is 8.07 Å². The summed E-state index contributed by atoms with van der Waals surface area (Å²) in [6, 6.07) is 3.00. The van der Waals surface area contributed by atoms with Crippen molar-refractivity contribution in [3.05, 3.63) is 90.7 Å². The van der Waals surface area contributed by atoms with Gasteiger partial charge in [0.2, 0.25) is 0 Å². The molecule has 8 aromatic heterocycles. The smallest absolute Gasteiger partial charge is 0.161 e. The molecule has 0 bridgehead atoms. The third-order valence-electron chi connectivity index (χ3n) is 7.17. The van der Waals surface area contributed by atoms with Crippen molar-refractivity contribution in [2.75, 3.05) is 6.61 Å². The zero-order chi connectivity index (χ0) is 38.8. The molecule has 0 amide bonds. The van der Waals surface area contributed by atoms with E-state index in [2.05, 4.69) is 138 Å². The molecule has 0 aliphatic rings. The van der Waals surface area contributed by atoms with Gasteiger partial charge in [-0.2, -0.15) is 0 Å². The largest absolute Gasteiger partial charge is 0.361 e. The molecule has 0 unspecified atom stereocenters. The molecule has 0 saturated heterocycles. The number of halogens is 4. The Kier molecular flexibility index (Phi) is 19.4. The van der Waals surface area contributed by atoms with Crippen LogP contribution in [0.5, 0.6) is 0 Å². The van der Waals surface area contributed by atoms with Crippen LogP contribution in [0.1, 0.15) is 38.5 Å². The lowest BCUT2D eigenvalue weighted by Crippen LogP contribution is -2.22. The first-order valence-electron chi connectivity index (χ1n) is 15.8. The Morgan fingerprint density at radius 2 is 1.14 bits per heavy atom. The standard InChI is InChI=1S/C13H18BrN3O2Si.2C7H4BrN3O.C6H4BrN3.CH4.2B/c1-20(2,3)5-4-19-9-17-7-10(8-18)12-13(17)15-6-11(14)16-12;2*8-5-2-10-7-6(11-5)4(3-12)1-9-7;7-5-3-9-6-4(10-5)1-2-8-6;;;/h6-8H,4-5,9H2,1-3H3;2*1-3H,(H,9,10);1-3H,(H,8,9);1H4;;. The fourth-order valence-corrected chi connectivity index (χ4v) is 6.44. The maximum atomic E-state index is 11.1. The molecular weight excluding hydrogens is 1010 g/mol. The second-order valence-corrected chi connectivity index (χ2v) is 21.2. The first-order valence-corrected chi connectivity index (χ1v) is 22.7. The Morgan fingerprint density at radius 1 is 0.667 bits per heavy atom. The third kappa shape index (κ3) is 13.4. The summed E-state index contributed by atoms with van der Waals surface area (Å²) >= 11 is 12.8. The van der Waals surface area contributed by atoms with Gasteiger partial charge in [-0.1, -0.05) is 27.1 Å². The first-order chi connectivity index (χ1) is 25.9. The maximum absolute atomic E-state index is 11.1. The quantitative estimate of drug-likeness (QED) is 0.0750. The monoisotopic (exact) mass is 1040 g/mol. The van der Waals surface area contributed by atoms with Gasteiger partial charge in [0.25, 0.3) is 0 Å². The average molecular weight is 1040 g/mol. The summed E-state index contributed by atoms with van der Waals surface area (Å²) in [5.74, 6) is 0. The summed E-state index contributed by atoms with van der Waals surface area (Å²) in [5.41, 5.74) is 7.00. The Morgan fingerprint density at radius 3 is 1.65 bits per heavy atom. The molecule has 23 heteroatoms. The number of hydrogen-bond acceptors (Lipinski definition) is 12. The lowest BCUT2D eigenvalue weighted by atomic mass is 10.3. The molecule has 3 N–H and O–H groups in total. The number of ether oxygens (including phenoxy) is 1. The highest BCUT2D eigenvalue weighted by Gasteiger charge is 2.14. The van der Waals surface area contributed by atoms with Gasteiger partial charge in [-0.25, -0.2) is 39.9 Å². The van der Waals surface area contributed by atoms with E-state index in [1.165, 1.54) is 0 Å². The van der Waals surface area contributed by atoms with Crippen LogP contribution in [0.3, 0.4) is 0 Å². The van der Waals surface area contributed by atoms with E-state index in [0.717, 1.165) is 47.3 Å². The summed E-state index contributed by atoms with van der Waals surface area (Å²) in [7, 11) is -1.08. The number of nitrogens with one attached hydrogen (secondary N) is 3. The summed E-state index contributed by atoms with van der Waals surface area (Å²) in [5, 5.41) is 0. The number of rotatable bonds is 8. The molecule has 0 aromatic carbocycles. The molecule has 0 fully saturated rings. The average Bonchev–Trinajstić information content (AvgIpc) is 3.95. The number of nitrogens with zero attached hydrogens (tertiary/aromatic N) is 9. The van der Waals surface area contributed by atoms with Crippen LogP contribution in [-0.2, 0) is 11.5 Å². The summed E-state index contributed by atoms with van der Waals surface area (Å²) < 4.78 is 10.1. The molecule has 292 valence electrons. The number of carbonyl (C=O) groups is 3. The first kappa shape index (κ1) is 48.9. The molecule has 57 heavy (non-hydrogen) atoms. The molecule has 8 aromatic rings. The zero-order valence-electron chi connectivity index (χ0n) is 29.9. The van der Waals surface area contributed by atoms with Gasteiger partial charge >= 0.3 is 0 Å². The normalized spacial score (nSPS) is 10.4. The highest BCUT2D eigenvalue weighted by Crippen LogP contribution is 2.19. The molecule has 8 heterocycles. The minimum absolute atomic E-state index is 0. The van der Waals surface area contributed by atoms with Gasteiger partial charge in [-0.3, -0.25) is 14.4 Å². The molecule has 0 saturated carbocycles. The molecule has 0 aliphatic heterocycles. The molecule has 0 spiro atoms. The van der Waals surface area contributed by atoms with Crippen molar-refractivity contribution in [3.8, 4) is 0 Å². The molecule has 16 nitrogen and oxygen atoms in total. The minimum Gasteiger partial charge on any atom is -0.361 e. The van der Waals surface area contributed by atoms with Gasteiger partial charge in [0, 0.05) is 56.3 Å². The number of aromatic nitrogens is 12. The topological polar surface area (TPSA) is 216 Å². The number of aldehydes is 3. The number of carbonyl (C=O) groups excluding carboxylic acids is 3. The minimum atomic E-state index is -1.08. The number of hydrogen-bond donors (Lipinski definition) is 3. The number of H-pyrrole nitrogens is 3. The number of fused-ring (bicyclic) bond motifs is 4. The lowest BCUT2D eigenvalue weighted by Gasteiger charge is -2.15. The van der Waals surface area contributed by atoms with E-state index in [-0.39, 0.29) is 24.3 Å². The van der Waals surface area contributed by atoms with Gasteiger partial charge in [0.1, 0.15) is 47.2 Å². The predicted molar refractivity (Wildman–Crippen MR) is 239 cm³/mol. The summed E-state index contributed by atoms with van der Waals surface area (Å²) in [6.07, 6.45) is 15.5. The maximum Gasteiger partial charge on any atom is 0.161 e. The lowest BCUT2D eigenvalue weighted by molar-refractivity contribution is 0.0897. The Balaban J connectivity index is 0.000000267. The van der Waals surface area contributed by atoms with Gasteiger partial charge in [0.15, 0.2) is 41.4 Å². The number of aromatic amines is 3. The van der Waals surface area contributed by atoms with Gasteiger partial charge in [0.05, 0.1) is 41.5 Å². The van der Waals surface area contributed by atoms with Crippen molar-refractivity contribution in [3.63, 3.8) is 0 Å².